The summed E-state index contributed by atoms with van der Waals surface area (Å²) in [5.74, 6) is -0.132. The summed E-state index contributed by atoms with van der Waals surface area (Å²) in [6, 6.07) is 14.4. The number of nitrogens with one attached hydrogen (secondary N) is 3. The Morgan fingerprint density at radius 1 is 1.00 bits per heavy atom. The number of amides is 1. The first-order valence-corrected chi connectivity index (χ1v) is 10.8. The molecule has 0 unspecified atom stereocenters. The molecular formula is C19H21N3O3S2. The number of benzene rings is 2. The van der Waals surface area contributed by atoms with E-state index in [2.05, 4.69) is 16.0 Å². The third-order valence-corrected chi connectivity index (χ3v) is 6.25. The second-order valence-electron chi connectivity index (χ2n) is 6.60. The SMILES string of the molecule is Cc1ccc(NC(=S)Nc2ccc(C(=O)N[C@H]3CCS(=O)(=O)C3)cc2)cc1. The summed E-state index contributed by atoms with van der Waals surface area (Å²) in [5, 5.41) is 9.38. The van der Waals surface area contributed by atoms with Crippen LogP contribution in [-0.2, 0) is 9.84 Å². The van der Waals surface area contributed by atoms with Crippen LogP contribution in [0.5, 0.6) is 0 Å². The van der Waals surface area contributed by atoms with E-state index in [1.807, 2.05) is 31.2 Å². The van der Waals surface area contributed by atoms with E-state index in [9.17, 15) is 13.2 Å². The van der Waals surface area contributed by atoms with Crippen molar-refractivity contribution in [1.29, 1.82) is 0 Å². The Kier molecular flexibility index (Phi) is 5.76. The van der Waals surface area contributed by atoms with E-state index in [-0.39, 0.29) is 23.5 Å². The van der Waals surface area contributed by atoms with Crippen LogP contribution in [0.1, 0.15) is 22.3 Å². The lowest BCUT2D eigenvalue weighted by Gasteiger charge is -2.13. The van der Waals surface area contributed by atoms with E-state index in [0.717, 1.165) is 11.4 Å². The summed E-state index contributed by atoms with van der Waals surface area (Å²) in [7, 11) is -3.02. The number of aryl methyl sites for hydroxylation is 1. The Labute approximate surface area is 164 Å². The van der Waals surface area contributed by atoms with Gasteiger partial charge in [0.2, 0.25) is 0 Å². The third kappa shape index (κ3) is 5.51. The van der Waals surface area contributed by atoms with Crippen molar-refractivity contribution in [2.24, 2.45) is 0 Å². The van der Waals surface area contributed by atoms with Gasteiger partial charge in [-0.1, -0.05) is 17.7 Å². The molecule has 1 saturated heterocycles. The van der Waals surface area contributed by atoms with Crippen molar-refractivity contribution in [3.05, 3.63) is 59.7 Å². The van der Waals surface area contributed by atoms with Gasteiger partial charge in [0, 0.05) is 23.0 Å². The molecule has 0 bridgehead atoms. The predicted octanol–water partition coefficient (Wildman–Crippen LogP) is 2.72. The largest absolute Gasteiger partial charge is 0.348 e. The number of sulfone groups is 1. The van der Waals surface area contributed by atoms with Gasteiger partial charge in [-0.15, -0.1) is 0 Å². The quantitative estimate of drug-likeness (QED) is 0.681. The molecule has 27 heavy (non-hydrogen) atoms. The molecule has 2 aromatic rings. The molecule has 3 rings (SSSR count). The summed E-state index contributed by atoms with van der Waals surface area (Å²) in [6.07, 6.45) is 0.465. The number of carbonyl (C=O) groups is 1. The van der Waals surface area contributed by atoms with Gasteiger partial charge < -0.3 is 16.0 Å². The van der Waals surface area contributed by atoms with Crippen LogP contribution in [0.3, 0.4) is 0 Å². The second-order valence-corrected chi connectivity index (χ2v) is 9.23. The number of thiocarbonyl (C=S) groups is 1. The second kappa shape index (κ2) is 8.06. The maximum absolute atomic E-state index is 12.2. The Hall–Kier alpha value is -2.45. The molecule has 8 heteroatoms. The summed E-state index contributed by atoms with van der Waals surface area (Å²) < 4.78 is 23.0. The molecule has 1 amide bonds. The molecule has 1 atom stereocenters. The summed E-state index contributed by atoms with van der Waals surface area (Å²) >= 11 is 5.29. The van der Waals surface area contributed by atoms with Crippen molar-refractivity contribution in [3.63, 3.8) is 0 Å². The Morgan fingerprint density at radius 3 is 2.07 bits per heavy atom. The van der Waals surface area contributed by atoms with Crippen molar-refractivity contribution < 1.29 is 13.2 Å². The van der Waals surface area contributed by atoms with Crippen LogP contribution in [0, 0.1) is 6.92 Å². The number of anilines is 2. The maximum atomic E-state index is 12.2. The topological polar surface area (TPSA) is 87.3 Å². The Bertz CT molecular complexity index is 939. The van der Waals surface area contributed by atoms with Gasteiger partial charge in [0.15, 0.2) is 14.9 Å². The van der Waals surface area contributed by atoms with Gasteiger partial charge in [0.1, 0.15) is 0 Å². The fourth-order valence-electron chi connectivity index (χ4n) is 2.81. The van der Waals surface area contributed by atoms with Crippen LogP contribution in [-0.4, -0.2) is 37.0 Å². The number of hydrogen-bond acceptors (Lipinski definition) is 4. The van der Waals surface area contributed by atoms with Crippen molar-refractivity contribution in [2.75, 3.05) is 22.1 Å². The molecule has 1 fully saturated rings. The van der Waals surface area contributed by atoms with E-state index in [1.165, 1.54) is 5.56 Å². The van der Waals surface area contributed by atoms with Gasteiger partial charge in [-0.25, -0.2) is 8.42 Å². The lowest BCUT2D eigenvalue weighted by atomic mass is 10.1. The highest BCUT2D eigenvalue weighted by atomic mass is 32.2. The summed E-state index contributed by atoms with van der Waals surface area (Å²) in [4.78, 5) is 12.2. The fraction of sp³-hybridized carbons (Fsp3) is 0.263. The normalized spacial score (nSPS) is 17.9. The number of carbonyl (C=O) groups excluding carboxylic acids is 1. The molecule has 0 aliphatic carbocycles. The smallest absolute Gasteiger partial charge is 0.251 e. The van der Waals surface area contributed by atoms with Gasteiger partial charge in [-0.05, 0) is 62.0 Å². The number of rotatable bonds is 4. The van der Waals surface area contributed by atoms with E-state index in [1.54, 1.807) is 24.3 Å². The molecule has 0 spiro atoms. The molecule has 1 aliphatic rings. The monoisotopic (exact) mass is 403 g/mol. The van der Waals surface area contributed by atoms with E-state index in [4.69, 9.17) is 12.2 Å². The van der Waals surface area contributed by atoms with Crippen LogP contribution in [0.15, 0.2) is 48.5 Å². The summed E-state index contributed by atoms with van der Waals surface area (Å²) in [5.41, 5.74) is 3.28. The van der Waals surface area contributed by atoms with Crippen LogP contribution in [0.2, 0.25) is 0 Å². The van der Waals surface area contributed by atoms with E-state index >= 15 is 0 Å². The molecule has 6 nitrogen and oxygen atoms in total. The minimum atomic E-state index is -3.02. The van der Waals surface area contributed by atoms with Crippen LogP contribution in [0.4, 0.5) is 11.4 Å². The van der Waals surface area contributed by atoms with E-state index in [0.29, 0.717) is 17.1 Å². The molecular weight excluding hydrogens is 382 g/mol. The molecule has 0 aromatic heterocycles. The first-order chi connectivity index (χ1) is 12.8. The molecule has 0 saturated carbocycles. The van der Waals surface area contributed by atoms with Crippen LogP contribution in [0.25, 0.3) is 0 Å². The molecule has 2 aromatic carbocycles. The molecule has 1 aliphatic heterocycles. The highest BCUT2D eigenvalue weighted by Gasteiger charge is 2.29. The maximum Gasteiger partial charge on any atom is 0.251 e. The summed E-state index contributed by atoms with van der Waals surface area (Å²) in [6.45, 7) is 2.02. The van der Waals surface area contributed by atoms with Crippen molar-refractivity contribution in [1.82, 2.24) is 5.32 Å². The lowest BCUT2D eigenvalue weighted by Crippen LogP contribution is -2.35. The third-order valence-electron chi connectivity index (χ3n) is 4.28. The van der Waals surface area contributed by atoms with Gasteiger partial charge in [-0.3, -0.25) is 4.79 Å². The average Bonchev–Trinajstić information content (AvgIpc) is 2.96. The lowest BCUT2D eigenvalue weighted by molar-refractivity contribution is 0.0941. The van der Waals surface area contributed by atoms with Crippen LogP contribution >= 0.6 is 12.2 Å². The zero-order valence-electron chi connectivity index (χ0n) is 14.9. The number of hydrogen-bond donors (Lipinski definition) is 3. The van der Waals surface area contributed by atoms with Gasteiger partial charge in [0.25, 0.3) is 5.91 Å². The van der Waals surface area contributed by atoms with E-state index < -0.39 is 9.84 Å². The average molecular weight is 404 g/mol. The Balaban J connectivity index is 1.54. The standard InChI is InChI=1S/C19H21N3O3S2/c1-13-2-6-15(7-3-13)21-19(26)22-16-8-4-14(5-9-16)18(23)20-17-10-11-27(24,25)12-17/h2-9,17H,10-12H2,1H3,(H,20,23)(H2,21,22,26)/t17-/m0/s1. The first kappa shape index (κ1) is 19.3. The molecule has 142 valence electrons. The van der Waals surface area contributed by atoms with Crippen molar-refractivity contribution in [3.8, 4) is 0 Å². The highest BCUT2D eigenvalue weighted by molar-refractivity contribution is 7.91. The molecule has 0 radical (unpaired) electrons. The Morgan fingerprint density at radius 2 is 1.56 bits per heavy atom. The van der Waals surface area contributed by atoms with Gasteiger partial charge in [0.05, 0.1) is 11.5 Å². The zero-order chi connectivity index (χ0) is 19.4. The molecule has 1 heterocycles. The first-order valence-electron chi connectivity index (χ1n) is 8.57. The highest BCUT2D eigenvalue weighted by Crippen LogP contribution is 2.15. The fourth-order valence-corrected chi connectivity index (χ4v) is 4.72. The van der Waals surface area contributed by atoms with Gasteiger partial charge >= 0.3 is 0 Å². The van der Waals surface area contributed by atoms with Crippen molar-refractivity contribution in [2.45, 2.75) is 19.4 Å². The molecule has 3 N–H and O–H groups in total. The van der Waals surface area contributed by atoms with Crippen molar-refractivity contribution >= 4 is 44.4 Å². The minimum Gasteiger partial charge on any atom is -0.348 e. The predicted molar refractivity (Wildman–Crippen MR) is 112 cm³/mol. The zero-order valence-corrected chi connectivity index (χ0v) is 16.5. The van der Waals surface area contributed by atoms with Crippen LogP contribution < -0.4 is 16.0 Å². The van der Waals surface area contributed by atoms with Gasteiger partial charge in [-0.2, -0.15) is 0 Å². The minimum absolute atomic E-state index is 0.0112.